The maximum absolute atomic E-state index is 10.7. The molecule has 1 aliphatic heterocycles. The van der Waals surface area contributed by atoms with E-state index in [0.29, 0.717) is 36.7 Å². The Morgan fingerprint density at radius 3 is 2.72 bits per heavy atom. The van der Waals surface area contributed by atoms with Crippen LogP contribution < -0.4 is 9.47 Å². The first kappa shape index (κ1) is 19.3. The number of allylic oxidation sites excluding steroid dienone is 2. The largest absolute Gasteiger partial charge is 0.507 e. The van der Waals surface area contributed by atoms with Crippen molar-refractivity contribution in [3.63, 3.8) is 0 Å². The summed E-state index contributed by atoms with van der Waals surface area (Å²) in [6, 6.07) is 1.83. The van der Waals surface area contributed by atoms with Gasteiger partial charge in [0.15, 0.2) is 6.79 Å². The molecule has 5 heteroatoms. The third-order valence-electron chi connectivity index (χ3n) is 3.83. The standard InChI is InChI=1S/C20H28O5/c1-14(2)6-7-15-17(24-13-23-11-10-22-5)12-18-16(19(15)21)8-9-20(3,4)25-18/h6,8-9,12,21H,7,10-11,13H2,1-5H3. The minimum Gasteiger partial charge on any atom is -0.507 e. The van der Waals surface area contributed by atoms with Crippen molar-refractivity contribution in [2.45, 2.75) is 39.7 Å². The molecule has 0 saturated carbocycles. The summed E-state index contributed by atoms with van der Waals surface area (Å²) in [7, 11) is 1.62. The maximum Gasteiger partial charge on any atom is 0.189 e. The molecule has 0 unspecified atom stereocenters. The van der Waals surface area contributed by atoms with Gasteiger partial charge in [-0.25, -0.2) is 0 Å². The number of rotatable bonds is 8. The number of hydrogen-bond acceptors (Lipinski definition) is 5. The van der Waals surface area contributed by atoms with Crippen molar-refractivity contribution in [1.29, 1.82) is 0 Å². The van der Waals surface area contributed by atoms with Gasteiger partial charge in [-0.3, -0.25) is 0 Å². The number of benzene rings is 1. The summed E-state index contributed by atoms with van der Waals surface area (Å²) in [5, 5.41) is 10.7. The Bertz CT molecular complexity index is 655. The molecule has 5 nitrogen and oxygen atoms in total. The Kier molecular flexibility index (Phi) is 6.51. The van der Waals surface area contributed by atoms with Gasteiger partial charge in [-0.15, -0.1) is 0 Å². The summed E-state index contributed by atoms with van der Waals surface area (Å²) in [5.74, 6) is 1.36. The molecular formula is C20H28O5. The molecule has 1 aromatic rings. The molecule has 1 aromatic carbocycles. The molecule has 2 rings (SSSR count). The van der Waals surface area contributed by atoms with Crippen LogP contribution in [0.5, 0.6) is 17.2 Å². The van der Waals surface area contributed by atoms with Gasteiger partial charge in [-0.1, -0.05) is 11.6 Å². The third kappa shape index (κ3) is 5.25. The van der Waals surface area contributed by atoms with E-state index in [9.17, 15) is 5.11 Å². The molecular weight excluding hydrogens is 320 g/mol. The lowest BCUT2D eigenvalue weighted by atomic mass is 9.97. The van der Waals surface area contributed by atoms with Gasteiger partial charge in [-0.05, 0) is 46.3 Å². The molecule has 0 bridgehead atoms. The van der Waals surface area contributed by atoms with Crippen molar-refractivity contribution in [1.82, 2.24) is 0 Å². The molecule has 138 valence electrons. The first-order chi connectivity index (χ1) is 11.8. The zero-order valence-electron chi connectivity index (χ0n) is 15.7. The van der Waals surface area contributed by atoms with Crippen LogP contribution in [-0.4, -0.2) is 37.8 Å². The second kappa shape index (κ2) is 8.41. The van der Waals surface area contributed by atoms with E-state index in [1.807, 2.05) is 45.9 Å². The van der Waals surface area contributed by atoms with Crippen LogP contribution in [0.3, 0.4) is 0 Å². The Morgan fingerprint density at radius 1 is 1.28 bits per heavy atom. The maximum atomic E-state index is 10.7. The van der Waals surface area contributed by atoms with Crippen LogP contribution in [0.15, 0.2) is 23.8 Å². The first-order valence-corrected chi connectivity index (χ1v) is 8.44. The Labute approximate surface area is 149 Å². The Hall–Kier alpha value is -1.98. The van der Waals surface area contributed by atoms with Gasteiger partial charge < -0.3 is 24.1 Å². The van der Waals surface area contributed by atoms with E-state index in [-0.39, 0.29) is 12.5 Å². The van der Waals surface area contributed by atoms with Crippen molar-refractivity contribution in [2.75, 3.05) is 27.1 Å². The van der Waals surface area contributed by atoms with E-state index in [1.54, 1.807) is 7.11 Å². The monoisotopic (exact) mass is 348 g/mol. The van der Waals surface area contributed by atoms with Gasteiger partial charge >= 0.3 is 0 Å². The lowest BCUT2D eigenvalue weighted by Crippen LogP contribution is -2.27. The van der Waals surface area contributed by atoms with Crippen molar-refractivity contribution in [3.05, 3.63) is 34.9 Å². The van der Waals surface area contributed by atoms with Gasteiger partial charge in [0.2, 0.25) is 0 Å². The van der Waals surface area contributed by atoms with E-state index in [2.05, 4.69) is 6.08 Å². The number of fused-ring (bicyclic) bond motifs is 1. The smallest absolute Gasteiger partial charge is 0.189 e. The minimum absolute atomic E-state index is 0.0860. The van der Waals surface area contributed by atoms with E-state index in [0.717, 1.165) is 5.56 Å². The molecule has 0 atom stereocenters. The fourth-order valence-electron chi connectivity index (χ4n) is 2.47. The van der Waals surface area contributed by atoms with E-state index in [4.69, 9.17) is 18.9 Å². The minimum atomic E-state index is -0.424. The molecule has 1 N–H and O–H groups in total. The summed E-state index contributed by atoms with van der Waals surface area (Å²) < 4.78 is 22.1. The number of phenolic OH excluding ortho intramolecular Hbond substituents is 1. The lowest BCUT2D eigenvalue weighted by molar-refractivity contribution is -0.00907. The normalized spacial score (nSPS) is 14.6. The average Bonchev–Trinajstić information content (AvgIpc) is 2.52. The van der Waals surface area contributed by atoms with Crippen LogP contribution in [0.4, 0.5) is 0 Å². The molecule has 0 aliphatic carbocycles. The Morgan fingerprint density at radius 2 is 2.04 bits per heavy atom. The number of ether oxygens (including phenoxy) is 4. The Balaban J connectivity index is 2.29. The zero-order valence-corrected chi connectivity index (χ0v) is 15.7. The highest BCUT2D eigenvalue weighted by Crippen LogP contribution is 2.43. The van der Waals surface area contributed by atoms with E-state index < -0.39 is 5.60 Å². The highest BCUT2D eigenvalue weighted by molar-refractivity contribution is 5.71. The summed E-state index contributed by atoms with van der Waals surface area (Å²) in [6.45, 7) is 9.02. The van der Waals surface area contributed by atoms with Crippen molar-refractivity contribution < 1.29 is 24.1 Å². The number of aromatic hydroxyl groups is 1. The number of phenols is 1. The second-order valence-corrected chi connectivity index (χ2v) is 6.80. The van der Waals surface area contributed by atoms with Crippen molar-refractivity contribution in [2.24, 2.45) is 0 Å². The third-order valence-corrected chi connectivity index (χ3v) is 3.83. The van der Waals surface area contributed by atoms with Gasteiger partial charge in [0.25, 0.3) is 0 Å². The summed E-state index contributed by atoms with van der Waals surface area (Å²) in [4.78, 5) is 0. The van der Waals surface area contributed by atoms with E-state index >= 15 is 0 Å². The van der Waals surface area contributed by atoms with Crippen LogP contribution >= 0.6 is 0 Å². The van der Waals surface area contributed by atoms with Gasteiger partial charge in [0.05, 0.1) is 18.8 Å². The molecule has 1 aliphatic rings. The highest BCUT2D eigenvalue weighted by Gasteiger charge is 2.26. The van der Waals surface area contributed by atoms with Crippen LogP contribution in [0.2, 0.25) is 0 Å². The highest BCUT2D eigenvalue weighted by atomic mass is 16.7. The van der Waals surface area contributed by atoms with E-state index in [1.165, 1.54) is 5.57 Å². The quantitative estimate of drug-likeness (QED) is 0.436. The summed E-state index contributed by atoms with van der Waals surface area (Å²) in [5.41, 5.74) is 2.16. The topological polar surface area (TPSA) is 57.2 Å². The molecule has 25 heavy (non-hydrogen) atoms. The van der Waals surface area contributed by atoms with Gasteiger partial charge in [0.1, 0.15) is 22.8 Å². The fraction of sp³-hybridized carbons (Fsp3) is 0.500. The van der Waals surface area contributed by atoms with Crippen LogP contribution in [0.25, 0.3) is 6.08 Å². The predicted octanol–water partition coefficient (Wildman–Crippen LogP) is 4.08. The molecule has 0 fully saturated rings. The van der Waals surface area contributed by atoms with Crippen molar-refractivity contribution in [3.8, 4) is 17.2 Å². The van der Waals surface area contributed by atoms with Crippen molar-refractivity contribution >= 4 is 6.08 Å². The molecule has 1 heterocycles. The molecule has 0 radical (unpaired) electrons. The zero-order chi connectivity index (χ0) is 18.4. The number of methoxy groups -OCH3 is 1. The summed E-state index contributed by atoms with van der Waals surface area (Å²) >= 11 is 0. The van der Waals surface area contributed by atoms with Gasteiger partial charge in [-0.2, -0.15) is 0 Å². The molecule has 0 spiro atoms. The average molecular weight is 348 g/mol. The van der Waals surface area contributed by atoms with Crippen LogP contribution in [0.1, 0.15) is 38.8 Å². The summed E-state index contributed by atoms with van der Waals surface area (Å²) in [6.07, 6.45) is 6.47. The molecule has 0 aromatic heterocycles. The van der Waals surface area contributed by atoms with Crippen LogP contribution in [0, 0.1) is 0 Å². The van der Waals surface area contributed by atoms with Crippen LogP contribution in [-0.2, 0) is 15.9 Å². The first-order valence-electron chi connectivity index (χ1n) is 8.44. The number of hydrogen-bond donors (Lipinski definition) is 1. The predicted molar refractivity (Wildman–Crippen MR) is 98.3 cm³/mol. The fourth-order valence-corrected chi connectivity index (χ4v) is 2.47. The molecule has 0 saturated heterocycles. The second-order valence-electron chi connectivity index (χ2n) is 6.80. The lowest BCUT2D eigenvalue weighted by Gasteiger charge is -2.29. The SMILES string of the molecule is COCCOCOc1cc2c(c(O)c1CC=C(C)C)C=CC(C)(C)O2. The molecule has 0 amide bonds. The van der Waals surface area contributed by atoms with Gasteiger partial charge in [0, 0.05) is 18.7 Å².